The molecule has 1 unspecified atom stereocenters. The number of carbonyl (C=O) groups is 3. The molecular weight excluding hydrogens is 396 g/mol. The standard InChI is InChI=1S/C24H24N2O5/c27-21(25-31-22-8-4-5-15-30-22)12-10-18-9-11-19-20(16-18)24(29)26(23(19)28)14-13-17-6-2-1-3-7-17/h1-3,6-7,9-12,16,22H,4-5,8,13-15H2,(H,25,27)/b12-10+. The lowest BCUT2D eigenvalue weighted by molar-refractivity contribution is -0.198. The molecule has 0 aromatic heterocycles. The van der Waals surface area contributed by atoms with Crippen LogP contribution >= 0.6 is 0 Å². The van der Waals surface area contributed by atoms with Crippen molar-refractivity contribution in [2.24, 2.45) is 0 Å². The lowest BCUT2D eigenvalue weighted by Gasteiger charge is -2.21. The largest absolute Gasteiger partial charge is 0.350 e. The van der Waals surface area contributed by atoms with Gasteiger partial charge in [-0.25, -0.2) is 10.3 Å². The molecule has 3 amide bonds. The normalized spacial score (nSPS) is 18.5. The first-order valence-electron chi connectivity index (χ1n) is 10.4. The molecule has 2 aliphatic heterocycles. The fourth-order valence-corrected chi connectivity index (χ4v) is 3.63. The van der Waals surface area contributed by atoms with E-state index < -0.39 is 12.2 Å². The monoisotopic (exact) mass is 420 g/mol. The summed E-state index contributed by atoms with van der Waals surface area (Å²) < 4.78 is 5.39. The van der Waals surface area contributed by atoms with Gasteiger partial charge in [-0.3, -0.25) is 19.3 Å². The molecule has 0 aliphatic carbocycles. The topological polar surface area (TPSA) is 84.9 Å². The maximum absolute atomic E-state index is 12.8. The molecule has 2 aliphatic rings. The van der Waals surface area contributed by atoms with Crippen LogP contribution in [0.15, 0.2) is 54.6 Å². The molecule has 4 rings (SSSR count). The number of amides is 3. The molecular formula is C24H24N2O5. The third kappa shape index (κ3) is 5.07. The summed E-state index contributed by atoms with van der Waals surface area (Å²) >= 11 is 0. The van der Waals surface area contributed by atoms with Gasteiger partial charge in [0.15, 0.2) is 6.29 Å². The van der Waals surface area contributed by atoms with Gasteiger partial charge in [-0.1, -0.05) is 36.4 Å². The molecule has 1 saturated heterocycles. The Morgan fingerprint density at radius 2 is 1.90 bits per heavy atom. The number of hydrogen-bond acceptors (Lipinski definition) is 5. The van der Waals surface area contributed by atoms with Gasteiger partial charge < -0.3 is 4.74 Å². The molecule has 0 radical (unpaired) electrons. The average molecular weight is 420 g/mol. The highest BCUT2D eigenvalue weighted by Crippen LogP contribution is 2.25. The summed E-state index contributed by atoms with van der Waals surface area (Å²) in [6.45, 7) is 0.950. The predicted octanol–water partition coefficient (Wildman–Crippen LogP) is 3.11. The summed E-state index contributed by atoms with van der Waals surface area (Å²) in [6, 6.07) is 14.7. The van der Waals surface area contributed by atoms with Crippen molar-refractivity contribution < 1.29 is 24.0 Å². The van der Waals surface area contributed by atoms with Crippen molar-refractivity contribution in [3.8, 4) is 0 Å². The summed E-state index contributed by atoms with van der Waals surface area (Å²) in [7, 11) is 0. The maximum atomic E-state index is 12.8. The number of rotatable bonds is 7. The molecule has 1 N–H and O–H groups in total. The minimum atomic E-state index is -0.429. The number of hydroxylamine groups is 1. The average Bonchev–Trinajstić information content (AvgIpc) is 3.05. The van der Waals surface area contributed by atoms with Gasteiger partial charge in [-0.05, 0) is 48.6 Å². The Morgan fingerprint density at radius 3 is 2.68 bits per heavy atom. The zero-order chi connectivity index (χ0) is 21.6. The van der Waals surface area contributed by atoms with E-state index in [-0.39, 0.29) is 11.8 Å². The Labute approximate surface area is 180 Å². The number of imide groups is 1. The molecule has 1 fully saturated rings. The Balaban J connectivity index is 1.36. The van der Waals surface area contributed by atoms with Crippen molar-refractivity contribution in [2.75, 3.05) is 13.2 Å². The van der Waals surface area contributed by atoms with Crippen LogP contribution in [0.3, 0.4) is 0 Å². The van der Waals surface area contributed by atoms with Gasteiger partial charge in [0.25, 0.3) is 17.7 Å². The number of nitrogens with zero attached hydrogens (tertiary/aromatic N) is 1. The molecule has 31 heavy (non-hydrogen) atoms. The number of hydrogen-bond donors (Lipinski definition) is 1. The lowest BCUT2D eigenvalue weighted by Crippen LogP contribution is -2.32. The number of nitrogens with one attached hydrogen (secondary N) is 1. The molecule has 160 valence electrons. The first kappa shape index (κ1) is 21.0. The van der Waals surface area contributed by atoms with Gasteiger partial charge in [0.2, 0.25) is 0 Å². The molecule has 7 nitrogen and oxygen atoms in total. The third-order valence-corrected chi connectivity index (χ3v) is 5.32. The predicted molar refractivity (Wildman–Crippen MR) is 114 cm³/mol. The first-order valence-corrected chi connectivity index (χ1v) is 10.4. The fourth-order valence-electron chi connectivity index (χ4n) is 3.63. The zero-order valence-electron chi connectivity index (χ0n) is 17.1. The van der Waals surface area contributed by atoms with E-state index in [0.717, 1.165) is 24.8 Å². The molecule has 0 bridgehead atoms. The highest BCUT2D eigenvalue weighted by Gasteiger charge is 2.35. The zero-order valence-corrected chi connectivity index (χ0v) is 17.1. The number of ether oxygens (including phenoxy) is 1. The second kappa shape index (κ2) is 9.68. The molecule has 2 aromatic rings. The minimum Gasteiger partial charge on any atom is -0.350 e. The molecule has 1 atom stereocenters. The fraction of sp³-hybridized carbons (Fsp3) is 0.292. The van der Waals surface area contributed by atoms with Crippen LogP contribution in [0.25, 0.3) is 6.08 Å². The summed E-state index contributed by atoms with van der Waals surface area (Å²) in [4.78, 5) is 43.9. The quantitative estimate of drug-likeness (QED) is 0.423. The van der Waals surface area contributed by atoms with E-state index >= 15 is 0 Å². The van der Waals surface area contributed by atoms with Crippen LogP contribution in [0.2, 0.25) is 0 Å². The molecule has 2 heterocycles. The summed E-state index contributed by atoms with van der Waals surface area (Å²) in [5, 5.41) is 0. The second-order valence-electron chi connectivity index (χ2n) is 7.52. The van der Waals surface area contributed by atoms with E-state index in [9.17, 15) is 14.4 Å². The van der Waals surface area contributed by atoms with Crippen LogP contribution in [0.5, 0.6) is 0 Å². The van der Waals surface area contributed by atoms with E-state index in [4.69, 9.17) is 9.57 Å². The number of carbonyl (C=O) groups excluding carboxylic acids is 3. The summed E-state index contributed by atoms with van der Waals surface area (Å²) in [6.07, 6.45) is 5.81. The Morgan fingerprint density at radius 1 is 1.10 bits per heavy atom. The van der Waals surface area contributed by atoms with Gasteiger partial charge in [0, 0.05) is 25.6 Å². The van der Waals surface area contributed by atoms with E-state index in [0.29, 0.717) is 36.3 Å². The van der Waals surface area contributed by atoms with Crippen molar-refractivity contribution in [1.82, 2.24) is 10.4 Å². The van der Waals surface area contributed by atoms with Gasteiger partial charge in [0.05, 0.1) is 11.1 Å². The molecule has 0 saturated carbocycles. The second-order valence-corrected chi connectivity index (χ2v) is 7.52. The van der Waals surface area contributed by atoms with Crippen LogP contribution < -0.4 is 5.48 Å². The van der Waals surface area contributed by atoms with E-state index in [1.54, 1.807) is 24.3 Å². The van der Waals surface area contributed by atoms with Crippen molar-refractivity contribution in [3.63, 3.8) is 0 Å². The van der Waals surface area contributed by atoms with Crippen molar-refractivity contribution >= 4 is 23.8 Å². The Bertz CT molecular complexity index is 996. The summed E-state index contributed by atoms with van der Waals surface area (Å²) in [5.74, 6) is -1.03. The van der Waals surface area contributed by atoms with Crippen LogP contribution in [-0.2, 0) is 20.8 Å². The molecule has 2 aromatic carbocycles. The Kier molecular flexibility index (Phi) is 6.54. The SMILES string of the molecule is O=C(/C=C/c1ccc2c(c1)C(=O)N(CCc1ccccc1)C2=O)NOC1CCCCO1. The Hall–Kier alpha value is -3.29. The van der Waals surface area contributed by atoms with Gasteiger partial charge in [0.1, 0.15) is 0 Å². The van der Waals surface area contributed by atoms with E-state index in [1.807, 2.05) is 30.3 Å². The van der Waals surface area contributed by atoms with Crippen LogP contribution in [0.4, 0.5) is 0 Å². The van der Waals surface area contributed by atoms with Gasteiger partial charge >= 0.3 is 0 Å². The van der Waals surface area contributed by atoms with Crippen molar-refractivity contribution in [2.45, 2.75) is 32.0 Å². The van der Waals surface area contributed by atoms with Crippen LogP contribution in [0.1, 0.15) is 51.1 Å². The first-order chi connectivity index (χ1) is 15.1. The lowest BCUT2D eigenvalue weighted by atomic mass is 10.1. The van der Waals surface area contributed by atoms with Gasteiger partial charge in [-0.2, -0.15) is 0 Å². The number of benzene rings is 2. The van der Waals surface area contributed by atoms with Crippen LogP contribution in [-0.4, -0.2) is 42.1 Å². The van der Waals surface area contributed by atoms with Gasteiger partial charge in [-0.15, -0.1) is 0 Å². The van der Waals surface area contributed by atoms with E-state index in [2.05, 4.69) is 5.48 Å². The molecule has 7 heteroatoms. The minimum absolute atomic E-state index is 0.287. The number of fused-ring (bicyclic) bond motifs is 1. The third-order valence-electron chi connectivity index (χ3n) is 5.32. The van der Waals surface area contributed by atoms with E-state index in [1.165, 1.54) is 11.0 Å². The maximum Gasteiger partial charge on any atom is 0.267 e. The summed E-state index contributed by atoms with van der Waals surface area (Å²) in [5.41, 5.74) is 4.80. The van der Waals surface area contributed by atoms with Crippen molar-refractivity contribution in [1.29, 1.82) is 0 Å². The highest BCUT2D eigenvalue weighted by atomic mass is 16.8. The highest BCUT2D eigenvalue weighted by molar-refractivity contribution is 6.21. The van der Waals surface area contributed by atoms with Crippen LogP contribution in [0, 0.1) is 0 Å². The van der Waals surface area contributed by atoms with Crippen molar-refractivity contribution in [3.05, 3.63) is 76.9 Å². The smallest absolute Gasteiger partial charge is 0.267 e. The molecule has 0 spiro atoms.